The number of carbonyl (C=O) groups is 1. The van der Waals surface area contributed by atoms with E-state index in [0.29, 0.717) is 22.5 Å². The molecule has 23 heavy (non-hydrogen) atoms. The van der Waals surface area contributed by atoms with E-state index in [4.69, 9.17) is 16.3 Å². The van der Waals surface area contributed by atoms with Crippen molar-refractivity contribution < 1.29 is 9.53 Å². The molecule has 0 saturated carbocycles. The maximum atomic E-state index is 11.8. The van der Waals surface area contributed by atoms with Gasteiger partial charge in [0.25, 0.3) is 0 Å². The quantitative estimate of drug-likeness (QED) is 0.709. The van der Waals surface area contributed by atoms with Crippen molar-refractivity contribution in [3.63, 3.8) is 0 Å². The Morgan fingerprint density at radius 1 is 1.39 bits per heavy atom. The van der Waals surface area contributed by atoms with Crippen LogP contribution >= 0.6 is 22.9 Å². The molecule has 0 radical (unpaired) electrons. The number of pyridine rings is 1. The Bertz CT molecular complexity index is 814. The lowest BCUT2D eigenvalue weighted by atomic mass is 10.1. The van der Waals surface area contributed by atoms with Crippen LogP contribution in [0.3, 0.4) is 0 Å². The van der Waals surface area contributed by atoms with Crippen molar-refractivity contribution in [2.75, 3.05) is 6.61 Å². The van der Waals surface area contributed by atoms with Crippen LogP contribution in [0.2, 0.25) is 4.34 Å². The first-order valence-electron chi connectivity index (χ1n) is 7.08. The van der Waals surface area contributed by atoms with Crippen LogP contribution in [0, 0.1) is 0 Å². The summed E-state index contributed by atoms with van der Waals surface area (Å²) in [5, 5.41) is 0. The van der Waals surface area contributed by atoms with Gasteiger partial charge in [0.2, 0.25) is 0 Å². The number of aromatic nitrogens is 3. The minimum Gasteiger partial charge on any atom is -0.466 e. The molecule has 0 spiro atoms. The SMILES string of the molecule is CCOC(=O)Cc1nc(-c2ccc(Cl)s2)[nH]c1-c1cccnc1. The molecule has 5 nitrogen and oxygen atoms in total. The van der Waals surface area contributed by atoms with Gasteiger partial charge in [0.1, 0.15) is 5.82 Å². The van der Waals surface area contributed by atoms with E-state index < -0.39 is 0 Å². The third kappa shape index (κ3) is 3.60. The molecule has 0 bridgehead atoms. The van der Waals surface area contributed by atoms with Gasteiger partial charge in [0, 0.05) is 18.0 Å². The number of halogens is 1. The van der Waals surface area contributed by atoms with E-state index in [-0.39, 0.29) is 12.4 Å². The summed E-state index contributed by atoms with van der Waals surface area (Å²) in [7, 11) is 0. The minimum atomic E-state index is -0.306. The fraction of sp³-hybridized carbons (Fsp3) is 0.188. The lowest BCUT2D eigenvalue weighted by molar-refractivity contribution is -0.142. The molecule has 3 rings (SSSR count). The number of hydrogen-bond acceptors (Lipinski definition) is 5. The number of aromatic amines is 1. The van der Waals surface area contributed by atoms with E-state index in [1.54, 1.807) is 19.3 Å². The van der Waals surface area contributed by atoms with E-state index >= 15 is 0 Å². The van der Waals surface area contributed by atoms with Crippen LogP contribution in [-0.4, -0.2) is 27.5 Å². The Hall–Kier alpha value is -2.18. The topological polar surface area (TPSA) is 67.9 Å². The molecule has 1 N–H and O–H groups in total. The van der Waals surface area contributed by atoms with Crippen LogP contribution in [0.25, 0.3) is 22.0 Å². The molecule has 118 valence electrons. The second-order valence-electron chi connectivity index (χ2n) is 4.73. The van der Waals surface area contributed by atoms with Crippen molar-refractivity contribution in [2.45, 2.75) is 13.3 Å². The molecule has 3 aromatic rings. The van der Waals surface area contributed by atoms with Crippen LogP contribution in [0.15, 0.2) is 36.7 Å². The number of H-pyrrole nitrogens is 1. The molecule has 0 aliphatic carbocycles. The highest BCUT2D eigenvalue weighted by molar-refractivity contribution is 7.19. The van der Waals surface area contributed by atoms with Crippen molar-refractivity contribution in [1.29, 1.82) is 0 Å². The third-order valence-corrected chi connectivity index (χ3v) is 4.39. The second kappa shape index (κ2) is 6.93. The van der Waals surface area contributed by atoms with Gasteiger partial charge in [0.05, 0.1) is 33.6 Å². The van der Waals surface area contributed by atoms with Gasteiger partial charge < -0.3 is 9.72 Å². The van der Waals surface area contributed by atoms with Gasteiger partial charge in [0.15, 0.2) is 0 Å². The first kappa shape index (κ1) is 15.7. The fourth-order valence-electron chi connectivity index (χ4n) is 2.19. The molecule has 0 saturated heterocycles. The number of carbonyl (C=O) groups excluding carboxylic acids is 1. The summed E-state index contributed by atoms with van der Waals surface area (Å²) in [5.41, 5.74) is 2.27. The number of thiophene rings is 1. The number of nitrogens with one attached hydrogen (secondary N) is 1. The van der Waals surface area contributed by atoms with Crippen molar-refractivity contribution in [3.8, 4) is 22.0 Å². The van der Waals surface area contributed by atoms with Gasteiger partial charge in [-0.1, -0.05) is 11.6 Å². The summed E-state index contributed by atoms with van der Waals surface area (Å²) >= 11 is 7.42. The zero-order valence-corrected chi connectivity index (χ0v) is 13.9. The van der Waals surface area contributed by atoms with Crippen LogP contribution in [0.4, 0.5) is 0 Å². The average Bonchev–Trinajstić information content (AvgIpc) is 3.15. The summed E-state index contributed by atoms with van der Waals surface area (Å²) < 4.78 is 5.72. The number of rotatable bonds is 5. The van der Waals surface area contributed by atoms with Gasteiger partial charge in [-0.25, -0.2) is 4.98 Å². The maximum Gasteiger partial charge on any atom is 0.311 e. The smallest absolute Gasteiger partial charge is 0.311 e. The zero-order chi connectivity index (χ0) is 16.2. The highest BCUT2D eigenvalue weighted by atomic mass is 35.5. The minimum absolute atomic E-state index is 0.105. The summed E-state index contributed by atoms with van der Waals surface area (Å²) in [5.74, 6) is 0.375. The van der Waals surface area contributed by atoms with Crippen LogP contribution in [0.1, 0.15) is 12.6 Å². The van der Waals surface area contributed by atoms with Gasteiger partial charge in [-0.15, -0.1) is 11.3 Å². The van der Waals surface area contributed by atoms with Gasteiger partial charge in [-0.2, -0.15) is 0 Å². The summed E-state index contributed by atoms with van der Waals surface area (Å²) in [6.45, 7) is 2.13. The zero-order valence-electron chi connectivity index (χ0n) is 12.4. The summed E-state index contributed by atoms with van der Waals surface area (Å²) in [6, 6.07) is 7.47. The maximum absolute atomic E-state index is 11.8. The lowest BCUT2D eigenvalue weighted by Crippen LogP contribution is -2.08. The van der Waals surface area contributed by atoms with Crippen molar-refractivity contribution in [3.05, 3.63) is 46.7 Å². The number of nitrogens with zero attached hydrogens (tertiary/aromatic N) is 2. The molecule has 0 fully saturated rings. The standard InChI is InChI=1S/C16H14ClN3O2S/c1-2-22-14(21)8-11-15(10-4-3-7-18-9-10)20-16(19-11)12-5-6-13(17)23-12/h3-7,9H,2,8H2,1H3,(H,19,20). The molecular formula is C16H14ClN3O2S. The predicted molar refractivity (Wildman–Crippen MR) is 90.5 cm³/mol. The Labute approximate surface area is 142 Å². The number of imidazole rings is 1. The number of ether oxygens (including phenoxy) is 1. The average molecular weight is 348 g/mol. The van der Waals surface area contributed by atoms with E-state index in [1.165, 1.54) is 11.3 Å². The Morgan fingerprint density at radius 2 is 2.26 bits per heavy atom. The van der Waals surface area contributed by atoms with E-state index in [1.807, 2.05) is 24.3 Å². The van der Waals surface area contributed by atoms with Crippen molar-refractivity contribution in [2.24, 2.45) is 0 Å². The molecule has 3 heterocycles. The second-order valence-corrected chi connectivity index (χ2v) is 6.45. The molecule has 0 unspecified atom stereocenters. The third-order valence-electron chi connectivity index (χ3n) is 3.15. The van der Waals surface area contributed by atoms with Crippen molar-refractivity contribution >= 4 is 28.9 Å². The summed E-state index contributed by atoms with van der Waals surface area (Å²) in [6.07, 6.45) is 3.53. The Morgan fingerprint density at radius 3 is 2.91 bits per heavy atom. The van der Waals surface area contributed by atoms with E-state index in [9.17, 15) is 4.79 Å². The van der Waals surface area contributed by atoms with Gasteiger partial charge >= 0.3 is 5.97 Å². The van der Waals surface area contributed by atoms with E-state index in [0.717, 1.165) is 16.1 Å². The van der Waals surface area contributed by atoms with Gasteiger partial charge in [-0.05, 0) is 31.2 Å². The van der Waals surface area contributed by atoms with E-state index in [2.05, 4.69) is 15.0 Å². The molecule has 7 heteroatoms. The molecule has 0 aliphatic heterocycles. The molecule has 0 atom stereocenters. The Kier molecular flexibility index (Phi) is 4.73. The molecule has 3 aromatic heterocycles. The fourth-order valence-corrected chi connectivity index (χ4v) is 3.18. The molecular weight excluding hydrogens is 334 g/mol. The lowest BCUT2D eigenvalue weighted by Gasteiger charge is -2.02. The highest BCUT2D eigenvalue weighted by Gasteiger charge is 2.18. The normalized spacial score (nSPS) is 10.7. The molecule has 0 aliphatic rings. The van der Waals surface area contributed by atoms with Crippen LogP contribution in [0.5, 0.6) is 0 Å². The molecule has 0 aromatic carbocycles. The van der Waals surface area contributed by atoms with Crippen LogP contribution in [-0.2, 0) is 16.0 Å². The van der Waals surface area contributed by atoms with Gasteiger partial charge in [-0.3, -0.25) is 9.78 Å². The molecule has 0 amide bonds. The largest absolute Gasteiger partial charge is 0.466 e. The van der Waals surface area contributed by atoms with Crippen molar-refractivity contribution in [1.82, 2.24) is 15.0 Å². The number of hydrogen-bond donors (Lipinski definition) is 1. The first-order valence-corrected chi connectivity index (χ1v) is 8.27. The first-order chi connectivity index (χ1) is 11.2. The monoisotopic (exact) mass is 347 g/mol. The summed E-state index contributed by atoms with van der Waals surface area (Å²) in [4.78, 5) is 24.7. The highest BCUT2D eigenvalue weighted by Crippen LogP contribution is 2.32. The van der Waals surface area contributed by atoms with Crippen LogP contribution < -0.4 is 0 Å². The number of esters is 1. The Balaban J connectivity index is 2.01. The predicted octanol–water partition coefficient (Wildman–Crippen LogP) is 3.96.